The van der Waals surface area contributed by atoms with Crippen molar-refractivity contribution in [1.29, 1.82) is 0 Å². The lowest BCUT2D eigenvalue weighted by atomic mass is 10.2. The van der Waals surface area contributed by atoms with E-state index in [1.807, 2.05) is 24.4 Å². The number of thiazole rings is 1. The van der Waals surface area contributed by atoms with Crippen molar-refractivity contribution in [3.8, 4) is 10.4 Å². The first kappa shape index (κ1) is 13.8. The van der Waals surface area contributed by atoms with Gasteiger partial charge in [-0.25, -0.2) is 4.98 Å². The van der Waals surface area contributed by atoms with E-state index in [1.54, 1.807) is 11.3 Å². The van der Waals surface area contributed by atoms with E-state index in [0.717, 1.165) is 31.6 Å². The van der Waals surface area contributed by atoms with Crippen molar-refractivity contribution < 1.29 is 0 Å². The van der Waals surface area contributed by atoms with Gasteiger partial charge >= 0.3 is 0 Å². The maximum atomic E-state index is 5.99. The van der Waals surface area contributed by atoms with E-state index in [-0.39, 0.29) is 0 Å². The molecular weight excluding hydrogens is 332 g/mol. The summed E-state index contributed by atoms with van der Waals surface area (Å²) in [6.45, 7) is 5.30. The molecule has 1 N–H and O–H groups in total. The van der Waals surface area contributed by atoms with Crippen LogP contribution in [0.25, 0.3) is 10.4 Å². The van der Waals surface area contributed by atoms with Gasteiger partial charge in [0, 0.05) is 17.2 Å². The number of aromatic nitrogens is 1. The minimum atomic E-state index is 0.613. The van der Waals surface area contributed by atoms with Crippen LogP contribution in [0.15, 0.2) is 28.9 Å². The SMILES string of the molecule is CC(C)CNc1ncc(-c2ccc(Cl)c(Br)c2)s1. The number of rotatable bonds is 4. The Balaban J connectivity index is 2.16. The predicted octanol–water partition coefficient (Wildman–Crippen LogP) is 5.29. The fourth-order valence-corrected chi connectivity index (χ4v) is 2.75. The third-order valence-electron chi connectivity index (χ3n) is 2.37. The molecule has 5 heteroatoms. The predicted molar refractivity (Wildman–Crippen MR) is 83.6 cm³/mol. The highest BCUT2D eigenvalue weighted by Gasteiger charge is 2.06. The number of benzene rings is 1. The quantitative estimate of drug-likeness (QED) is 0.814. The Bertz CT molecular complexity index is 540. The highest BCUT2D eigenvalue weighted by Crippen LogP contribution is 2.33. The van der Waals surface area contributed by atoms with Crippen molar-refractivity contribution in [1.82, 2.24) is 4.98 Å². The van der Waals surface area contributed by atoms with Crippen molar-refractivity contribution in [2.75, 3.05) is 11.9 Å². The van der Waals surface area contributed by atoms with E-state index in [1.165, 1.54) is 0 Å². The van der Waals surface area contributed by atoms with Gasteiger partial charge in [-0.3, -0.25) is 0 Å². The summed E-state index contributed by atoms with van der Waals surface area (Å²) in [5, 5.41) is 5.02. The number of hydrogen-bond acceptors (Lipinski definition) is 3. The van der Waals surface area contributed by atoms with Crippen LogP contribution in [0.4, 0.5) is 5.13 Å². The van der Waals surface area contributed by atoms with E-state index < -0.39 is 0 Å². The second-order valence-corrected chi connectivity index (χ2v) is 6.73. The van der Waals surface area contributed by atoms with E-state index >= 15 is 0 Å². The number of nitrogens with one attached hydrogen (secondary N) is 1. The van der Waals surface area contributed by atoms with Crippen LogP contribution in [0, 0.1) is 5.92 Å². The molecule has 0 atom stereocenters. The Labute approximate surface area is 125 Å². The van der Waals surface area contributed by atoms with Gasteiger partial charge in [0.1, 0.15) is 0 Å². The van der Waals surface area contributed by atoms with Crippen LogP contribution in [0.5, 0.6) is 0 Å². The van der Waals surface area contributed by atoms with Crippen molar-refractivity contribution in [2.45, 2.75) is 13.8 Å². The molecule has 0 radical (unpaired) electrons. The normalized spacial score (nSPS) is 10.9. The lowest BCUT2D eigenvalue weighted by Crippen LogP contribution is -2.07. The van der Waals surface area contributed by atoms with Gasteiger partial charge in [0.2, 0.25) is 0 Å². The summed E-state index contributed by atoms with van der Waals surface area (Å²) in [7, 11) is 0. The fraction of sp³-hybridized carbons (Fsp3) is 0.308. The molecule has 0 unspecified atom stereocenters. The first-order valence-corrected chi connectivity index (χ1v) is 7.70. The van der Waals surface area contributed by atoms with Gasteiger partial charge in [0.05, 0.1) is 9.90 Å². The van der Waals surface area contributed by atoms with Gasteiger partial charge in [-0.2, -0.15) is 0 Å². The zero-order valence-corrected chi connectivity index (χ0v) is 13.4. The summed E-state index contributed by atoms with van der Waals surface area (Å²) < 4.78 is 0.909. The first-order chi connectivity index (χ1) is 8.56. The number of hydrogen-bond donors (Lipinski definition) is 1. The highest BCUT2D eigenvalue weighted by atomic mass is 79.9. The molecule has 18 heavy (non-hydrogen) atoms. The van der Waals surface area contributed by atoms with Gasteiger partial charge in [-0.05, 0) is 39.5 Å². The second kappa shape index (κ2) is 6.04. The molecule has 0 saturated heterocycles. The van der Waals surface area contributed by atoms with Crippen LogP contribution in [0.1, 0.15) is 13.8 Å². The molecule has 1 heterocycles. The summed E-state index contributed by atoms with van der Waals surface area (Å²) in [5.74, 6) is 0.613. The van der Waals surface area contributed by atoms with Crippen molar-refractivity contribution >= 4 is 44.0 Å². The third kappa shape index (κ3) is 3.46. The highest BCUT2D eigenvalue weighted by molar-refractivity contribution is 9.10. The summed E-state index contributed by atoms with van der Waals surface area (Å²) in [4.78, 5) is 5.51. The summed E-state index contributed by atoms with van der Waals surface area (Å²) in [6, 6.07) is 5.91. The van der Waals surface area contributed by atoms with Crippen molar-refractivity contribution in [3.63, 3.8) is 0 Å². The lowest BCUT2D eigenvalue weighted by molar-refractivity contribution is 0.688. The molecule has 0 aliphatic rings. The molecule has 2 rings (SSSR count). The minimum absolute atomic E-state index is 0.613. The Morgan fingerprint density at radius 1 is 1.44 bits per heavy atom. The monoisotopic (exact) mass is 344 g/mol. The fourth-order valence-electron chi connectivity index (χ4n) is 1.43. The molecule has 0 spiro atoms. The van der Waals surface area contributed by atoms with E-state index in [2.05, 4.69) is 40.1 Å². The summed E-state index contributed by atoms with van der Waals surface area (Å²) >= 11 is 11.1. The molecule has 0 aliphatic carbocycles. The Morgan fingerprint density at radius 3 is 2.89 bits per heavy atom. The zero-order valence-electron chi connectivity index (χ0n) is 10.2. The van der Waals surface area contributed by atoms with Crippen LogP contribution < -0.4 is 5.32 Å². The van der Waals surface area contributed by atoms with Crippen molar-refractivity contribution in [2.24, 2.45) is 5.92 Å². The molecule has 0 fully saturated rings. The average molecular weight is 346 g/mol. The van der Waals surface area contributed by atoms with Gasteiger partial charge in [-0.1, -0.05) is 42.9 Å². The Morgan fingerprint density at radius 2 is 2.22 bits per heavy atom. The number of nitrogens with zero attached hydrogens (tertiary/aromatic N) is 1. The molecule has 2 nitrogen and oxygen atoms in total. The third-order valence-corrected chi connectivity index (χ3v) is 4.59. The van der Waals surface area contributed by atoms with Gasteiger partial charge in [0.15, 0.2) is 5.13 Å². The molecule has 0 amide bonds. The van der Waals surface area contributed by atoms with Gasteiger partial charge < -0.3 is 5.32 Å². The maximum Gasteiger partial charge on any atom is 0.183 e. The van der Waals surface area contributed by atoms with E-state index in [9.17, 15) is 0 Å². The van der Waals surface area contributed by atoms with Crippen molar-refractivity contribution in [3.05, 3.63) is 33.9 Å². The summed E-state index contributed by atoms with van der Waals surface area (Å²) in [6.07, 6.45) is 1.89. The minimum Gasteiger partial charge on any atom is -0.361 e. The average Bonchev–Trinajstić information content (AvgIpc) is 2.79. The van der Waals surface area contributed by atoms with Crippen LogP contribution in [-0.4, -0.2) is 11.5 Å². The van der Waals surface area contributed by atoms with Gasteiger partial charge in [-0.15, -0.1) is 0 Å². The van der Waals surface area contributed by atoms with Crippen LogP contribution >= 0.6 is 38.9 Å². The maximum absolute atomic E-state index is 5.99. The van der Waals surface area contributed by atoms with E-state index in [4.69, 9.17) is 11.6 Å². The van der Waals surface area contributed by atoms with Crippen LogP contribution in [0.2, 0.25) is 5.02 Å². The molecule has 1 aromatic carbocycles. The Hall–Kier alpha value is -0.580. The molecule has 96 valence electrons. The largest absolute Gasteiger partial charge is 0.361 e. The lowest BCUT2D eigenvalue weighted by Gasteiger charge is -2.04. The molecule has 0 bridgehead atoms. The number of halogens is 2. The molecule has 0 aliphatic heterocycles. The molecule has 1 aromatic heterocycles. The smallest absolute Gasteiger partial charge is 0.183 e. The van der Waals surface area contributed by atoms with Gasteiger partial charge in [0.25, 0.3) is 0 Å². The standard InChI is InChI=1S/C13H14BrClN2S/c1-8(2)6-16-13-17-7-12(18-13)9-3-4-11(15)10(14)5-9/h3-5,7-8H,6H2,1-2H3,(H,16,17). The molecule has 0 saturated carbocycles. The van der Waals surface area contributed by atoms with E-state index in [0.29, 0.717) is 5.92 Å². The Kier molecular flexibility index (Phi) is 4.65. The molecule has 2 aromatic rings. The summed E-state index contributed by atoms with van der Waals surface area (Å²) in [5.41, 5.74) is 1.13. The zero-order chi connectivity index (χ0) is 13.1. The van der Waals surface area contributed by atoms with Crippen LogP contribution in [0.3, 0.4) is 0 Å². The van der Waals surface area contributed by atoms with Crippen LogP contribution in [-0.2, 0) is 0 Å². The molecular formula is C13H14BrClN2S. The first-order valence-electron chi connectivity index (χ1n) is 5.71. The number of anilines is 1. The second-order valence-electron chi connectivity index (χ2n) is 4.43. The topological polar surface area (TPSA) is 24.9 Å².